The number of esters is 1. The quantitative estimate of drug-likeness (QED) is 0.524. The zero-order valence-electron chi connectivity index (χ0n) is 12.4. The molecule has 0 aromatic rings. The predicted octanol–water partition coefficient (Wildman–Crippen LogP) is 2.32. The molecule has 4 nitrogen and oxygen atoms in total. The number of halogens is 3. The zero-order chi connectivity index (χ0) is 15.8. The first-order valence-electron chi connectivity index (χ1n) is 6.80. The van der Waals surface area contributed by atoms with Crippen LogP contribution in [0.3, 0.4) is 0 Å². The minimum atomic E-state index is -4.12. The second kappa shape index (κ2) is 8.46. The molecule has 0 spiro atoms. The summed E-state index contributed by atoms with van der Waals surface area (Å²) in [5.41, 5.74) is 4.81. The van der Waals surface area contributed by atoms with E-state index in [9.17, 15) is 18.0 Å². The van der Waals surface area contributed by atoms with Gasteiger partial charge in [0.2, 0.25) is 0 Å². The SMILES string of the molecule is CCOC(=O)C(C)(N)CCCCN(C)CCC(F)(F)F. The van der Waals surface area contributed by atoms with E-state index < -0.39 is 24.1 Å². The van der Waals surface area contributed by atoms with Crippen molar-refractivity contribution in [2.75, 3.05) is 26.7 Å². The third-order valence-corrected chi connectivity index (χ3v) is 3.00. The fraction of sp³-hybridized carbons (Fsp3) is 0.923. The molecule has 0 rings (SSSR count). The van der Waals surface area contributed by atoms with Gasteiger partial charge >= 0.3 is 12.1 Å². The fourth-order valence-electron chi connectivity index (χ4n) is 1.70. The average Bonchev–Trinajstić information content (AvgIpc) is 2.31. The highest BCUT2D eigenvalue weighted by Gasteiger charge is 2.29. The summed E-state index contributed by atoms with van der Waals surface area (Å²) in [6, 6.07) is 0. The standard InChI is InChI=1S/C13H25F3N2O2/c1-4-20-11(19)12(2,17)7-5-6-9-18(3)10-8-13(14,15)16/h4-10,17H2,1-3H3. The Morgan fingerprint density at radius 3 is 2.30 bits per heavy atom. The smallest absolute Gasteiger partial charge is 0.390 e. The van der Waals surface area contributed by atoms with Crippen molar-refractivity contribution in [3.63, 3.8) is 0 Å². The summed E-state index contributed by atoms with van der Waals surface area (Å²) in [4.78, 5) is 13.2. The lowest BCUT2D eigenvalue weighted by Gasteiger charge is -2.23. The minimum absolute atomic E-state index is 0.0126. The lowest BCUT2D eigenvalue weighted by molar-refractivity contribution is -0.149. The number of hydrogen-bond donors (Lipinski definition) is 1. The molecule has 0 aliphatic rings. The Morgan fingerprint density at radius 1 is 1.20 bits per heavy atom. The van der Waals surface area contributed by atoms with E-state index >= 15 is 0 Å². The van der Waals surface area contributed by atoms with Crippen LogP contribution < -0.4 is 5.73 Å². The van der Waals surface area contributed by atoms with E-state index in [1.165, 1.54) is 0 Å². The first-order valence-corrected chi connectivity index (χ1v) is 6.80. The molecule has 0 aromatic heterocycles. The van der Waals surface area contributed by atoms with Crippen LogP contribution in [0.1, 0.15) is 39.5 Å². The van der Waals surface area contributed by atoms with Crippen LogP contribution >= 0.6 is 0 Å². The molecule has 20 heavy (non-hydrogen) atoms. The lowest BCUT2D eigenvalue weighted by atomic mass is 9.96. The average molecular weight is 298 g/mol. The third kappa shape index (κ3) is 9.14. The number of hydrogen-bond acceptors (Lipinski definition) is 4. The van der Waals surface area contributed by atoms with Crippen molar-refractivity contribution in [3.8, 4) is 0 Å². The van der Waals surface area contributed by atoms with Crippen LogP contribution in [0, 0.1) is 0 Å². The van der Waals surface area contributed by atoms with E-state index in [1.54, 1.807) is 25.8 Å². The number of carbonyl (C=O) groups is 1. The van der Waals surface area contributed by atoms with Crippen LogP contribution in [0.2, 0.25) is 0 Å². The fourth-order valence-corrected chi connectivity index (χ4v) is 1.70. The highest BCUT2D eigenvalue weighted by molar-refractivity contribution is 5.79. The van der Waals surface area contributed by atoms with Gasteiger partial charge in [0.05, 0.1) is 13.0 Å². The van der Waals surface area contributed by atoms with Crippen LogP contribution in [0.5, 0.6) is 0 Å². The molecule has 0 saturated heterocycles. The first kappa shape index (κ1) is 19.2. The van der Waals surface area contributed by atoms with Crippen molar-refractivity contribution < 1.29 is 22.7 Å². The Hall–Kier alpha value is -0.820. The summed E-state index contributed by atoms with van der Waals surface area (Å²) >= 11 is 0. The Balaban J connectivity index is 3.82. The molecular weight excluding hydrogens is 273 g/mol. The van der Waals surface area contributed by atoms with E-state index in [2.05, 4.69) is 0 Å². The predicted molar refractivity (Wildman–Crippen MR) is 71.2 cm³/mol. The largest absolute Gasteiger partial charge is 0.465 e. The van der Waals surface area contributed by atoms with Crippen LogP contribution in [-0.2, 0) is 9.53 Å². The number of rotatable bonds is 9. The number of alkyl halides is 3. The van der Waals surface area contributed by atoms with Crippen molar-refractivity contribution in [1.82, 2.24) is 4.90 Å². The minimum Gasteiger partial charge on any atom is -0.465 e. The molecule has 0 saturated carbocycles. The Kier molecular flexibility index (Phi) is 8.12. The van der Waals surface area contributed by atoms with Crippen LogP contribution in [-0.4, -0.2) is 49.3 Å². The maximum Gasteiger partial charge on any atom is 0.390 e. The maximum absolute atomic E-state index is 12.0. The van der Waals surface area contributed by atoms with Gasteiger partial charge in [-0.05, 0) is 46.7 Å². The van der Waals surface area contributed by atoms with Crippen LogP contribution in [0.4, 0.5) is 13.2 Å². The van der Waals surface area contributed by atoms with E-state index in [0.717, 1.165) is 0 Å². The highest BCUT2D eigenvalue weighted by Crippen LogP contribution is 2.19. The highest BCUT2D eigenvalue weighted by atomic mass is 19.4. The molecule has 0 aliphatic carbocycles. The van der Waals surface area contributed by atoms with Gasteiger partial charge in [-0.1, -0.05) is 0 Å². The number of unbranched alkanes of at least 4 members (excludes halogenated alkanes) is 1. The van der Waals surface area contributed by atoms with Gasteiger partial charge in [0, 0.05) is 6.54 Å². The van der Waals surface area contributed by atoms with Gasteiger partial charge in [-0.3, -0.25) is 4.79 Å². The molecule has 0 amide bonds. The van der Waals surface area contributed by atoms with Crippen molar-refractivity contribution in [2.24, 2.45) is 5.73 Å². The number of ether oxygens (including phenoxy) is 1. The third-order valence-electron chi connectivity index (χ3n) is 3.00. The summed E-state index contributed by atoms with van der Waals surface area (Å²) in [5, 5.41) is 0. The van der Waals surface area contributed by atoms with E-state index in [4.69, 9.17) is 10.5 Å². The molecule has 2 N–H and O–H groups in total. The molecule has 120 valence electrons. The van der Waals surface area contributed by atoms with Crippen molar-refractivity contribution in [1.29, 1.82) is 0 Å². The molecular formula is C13H25F3N2O2. The summed E-state index contributed by atoms with van der Waals surface area (Å²) in [6.45, 7) is 4.14. The Labute approximate surface area is 118 Å². The van der Waals surface area contributed by atoms with E-state index in [-0.39, 0.29) is 13.2 Å². The molecule has 0 aliphatic heterocycles. The topological polar surface area (TPSA) is 55.6 Å². The summed E-state index contributed by atoms with van der Waals surface area (Å²) in [7, 11) is 1.65. The molecule has 0 heterocycles. The maximum atomic E-state index is 12.0. The molecule has 0 bridgehead atoms. The van der Waals surface area contributed by atoms with E-state index in [0.29, 0.717) is 25.8 Å². The number of nitrogens with two attached hydrogens (primary N) is 1. The number of carbonyl (C=O) groups excluding carboxylic acids is 1. The van der Waals surface area contributed by atoms with Crippen LogP contribution in [0.25, 0.3) is 0 Å². The van der Waals surface area contributed by atoms with E-state index in [1.807, 2.05) is 0 Å². The van der Waals surface area contributed by atoms with Crippen LogP contribution in [0.15, 0.2) is 0 Å². The van der Waals surface area contributed by atoms with Gasteiger partial charge in [-0.15, -0.1) is 0 Å². The van der Waals surface area contributed by atoms with Gasteiger partial charge in [0.25, 0.3) is 0 Å². The van der Waals surface area contributed by atoms with Gasteiger partial charge in [-0.2, -0.15) is 13.2 Å². The first-order chi connectivity index (χ1) is 9.08. The molecule has 0 fully saturated rings. The lowest BCUT2D eigenvalue weighted by Crippen LogP contribution is -2.46. The molecule has 7 heteroatoms. The normalized spacial score (nSPS) is 15.2. The Morgan fingerprint density at radius 2 is 1.80 bits per heavy atom. The van der Waals surface area contributed by atoms with Gasteiger partial charge in [-0.25, -0.2) is 0 Å². The van der Waals surface area contributed by atoms with Crippen molar-refractivity contribution in [2.45, 2.75) is 51.2 Å². The van der Waals surface area contributed by atoms with Crippen molar-refractivity contribution in [3.05, 3.63) is 0 Å². The van der Waals surface area contributed by atoms with Gasteiger partial charge in [0.15, 0.2) is 0 Å². The summed E-state index contributed by atoms with van der Waals surface area (Å²) in [6.07, 6.45) is -3.10. The monoisotopic (exact) mass is 298 g/mol. The zero-order valence-corrected chi connectivity index (χ0v) is 12.4. The van der Waals surface area contributed by atoms with Crippen molar-refractivity contribution >= 4 is 5.97 Å². The summed E-state index contributed by atoms with van der Waals surface area (Å²) in [5.74, 6) is -0.439. The number of nitrogens with zero attached hydrogens (tertiary/aromatic N) is 1. The second-order valence-electron chi connectivity index (χ2n) is 5.26. The molecule has 0 radical (unpaired) electrons. The molecule has 1 atom stereocenters. The Bertz CT molecular complexity index is 294. The van der Waals surface area contributed by atoms with Gasteiger partial charge in [0.1, 0.15) is 5.54 Å². The van der Waals surface area contributed by atoms with Gasteiger partial charge < -0.3 is 15.4 Å². The summed E-state index contributed by atoms with van der Waals surface area (Å²) < 4.78 is 40.9. The molecule has 1 unspecified atom stereocenters. The second-order valence-corrected chi connectivity index (χ2v) is 5.26. The molecule has 0 aromatic carbocycles.